The molecule has 37 heavy (non-hydrogen) atoms. The molecule has 0 saturated carbocycles. The summed E-state index contributed by atoms with van der Waals surface area (Å²) in [5, 5.41) is 0. The van der Waals surface area contributed by atoms with Gasteiger partial charge in [-0.25, -0.2) is 0 Å². The van der Waals surface area contributed by atoms with E-state index in [0.717, 1.165) is 19.0 Å². The zero-order valence-electron chi connectivity index (χ0n) is 23.5. The molecule has 0 radical (unpaired) electrons. The minimum Gasteiger partial charge on any atom is -0.0965 e. The zero-order chi connectivity index (χ0) is 25.8. The topological polar surface area (TPSA) is 24.7 Å². The van der Waals surface area contributed by atoms with Gasteiger partial charge in [-0.3, -0.25) is 0 Å². The van der Waals surface area contributed by atoms with Crippen LogP contribution in [0.15, 0.2) is 70.6 Å². The average Bonchev–Trinajstić information content (AvgIpc) is 3.46. The van der Waals surface area contributed by atoms with Crippen molar-refractivity contribution in [1.29, 1.82) is 0 Å². The van der Waals surface area contributed by atoms with Crippen LogP contribution in [0.3, 0.4) is 0 Å². The van der Waals surface area contributed by atoms with Crippen LogP contribution in [0.2, 0.25) is 0 Å². The number of aliphatic imine (C=N–C) groups is 2. The van der Waals surface area contributed by atoms with Gasteiger partial charge in [0.15, 0.2) is 12.4 Å². The Balaban J connectivity index is 1.40. The lowest BCUT2D eigenvalue weighted by Crippen LogP contribution is -2.24. The molecule has 200 valence electrons. The van der Waals surface area contributed by atoms with Crippen LogP contribution in [0, 0.1) is 18.0 Å². The van der Waals surface area contributed by atoms with E-state index in [4.69, 9.17) is 9.98 Å². The number of rotatable bonds is 21. The first kappa shape index (κ1) is 29.2. The van der Waals surface area contributed by atoms with Crippen LogP contribution >= 0.6 is 0 Å². The largest absolute Gasteiger partial charge is 0.244 e. The molecule has 0 fully saturated rings. The lowest BCUT2D eigenvalue weighted by Gasteiger charge is -2.26. The molecule has 1 unspecified atom stereocenters. The van der Waals surface area contributed by atoms with Crippen LogP contribution in [-0.4, -0.2) is 12.4 Å². The van der Waals surface area contributed by atoms with Gasteiger partial charge in [0.25, 0.3) is 0 Å². The zero-order valence-corrected chi connectivity index (χ0v) is 23.5. The van der Waals surface area contributed by atoms with Gasteiger partial charge in [-0.2, -0.15) is 0 Å². The van der Waals surface area contributed by atoms with Crippen LogP contribution in [0.1, 0.15) is 114 Å². The minimum absolute atomic E-state index is 0.410. The lowest BCUT2D eigenvalue weighted by atomic mass is 9.78. The molecule has 2 heteroatoms. The maximum atomic E-state index is 4.69. The highest BCUT2D eigenvalue weighted by Gasteiger charge is 2.35. The number of hydrogen-bond donors (Lipinski definition) is 0. The van der Waals surface area contributed by atoms with E-state index in [1.54, 1.807) is 0 Å². The van der Waals surface area contributed by atoms with E-state index in [0.29, 0.717) is 11.8 Å². The second kappa shape index (κ2) is 18.8. The number of nitrogens with zero attached hydrogens (tertiary/aromatic N) is 2. The fourth-order valence-electron chi connectivity index (χ4n) is 5.77. The molecule has 1 aliphatic heterocycles. The number of benzene rings is 2. The van der Waals surface area contributed by atoms with Crippen LogP contribution in [0.5, 0.6) is 0 Å². The molecule has 0 N–H and O–H groups in total. The second-order valence-electron chi connectivity index (χ2n) is 11.0. The van der Waals surface area contributed by atoms with Crippen LogP contribution in [0.4, 0.5) is 0 Å². The van der Waals surface area contributed by atoms with Gasteiger partial charge in [-0.15, -0.1) is 0 Å². The molecule has 1 heterocycles. The number of hydrogen-bond acceptors (Lipinski definition) is 2. The highest BCUT2D eigenvalue weighted by atomic mass is 15.0. The third kappa shape index (κ3) is 12.2. The van der Waals surface area contributed by atoms with E-state index in [2.05, 4.69) is 67.6 Å². The third-order valence-electron chi connectivity index (χ3n) is 7.93. The van der Waals surface area contributed by atoms with Gasteiger partial charge in [-0.1, -0.05) is 167 Å². The Labute approximate surface area is 228 Å². The summed E-state index contributed by atoms with van der Waals surface area (Å²) in [6.07, 6.45) is 27.8. The van der Waals surface area contributed by atoms with E-state index >= 15 is 0 Å². The Morgan fingerprint density at radius 2 is 0.946 bits per heavy atom. The Morgan fingerprint density at radius 3 is 1.38 bits per heavy atom. The van der Waals surface area contributed by atoms with Crippen molar-refractivity contribution in [3.8, 4) is 0 Å². The average molecular weight is 500 g/mol. The van der Waals surface area contributed by atoms with Gasteiger partial charge >= 0.3 is 0 Å². The predicted octanol–water partition coefficient (Wildman–Crippen LogP) is 10.2. The van der Waals surface area contributed by atoms with Crippen molar-refractivity contribution in [2.24, 2.45) is 21.8 Å². The third-order valence-corrected chi connectivity index (χ3v) is 7.93. The Kier molecular flexibility index (Phi) is 14.9. The molecule has 0 spiro atoms. The SMILES string of the molecule is CCCCCCCCCCCCCCCCC([C+]1N=CC=N1)C(Cc1ccccc1)Cc1ccccc1. The highest BCUT2D eigenvalue weighted by molar-refractivity contribution is 6.18. The summed E-state index contributed by atoms with van der Waals surface area (Å²) in [6.45, 7) is 2.30. The molecule has 0 bridgehead atoms. The van der Waals surface area contributed by atoms with Gasteiger partial charge in [0.2, 0.25) is 6.17 Å². The fraction of sp³-hybridized carbons (Fsp3) is 0.571. The van der Waals surface area contributed by atoms with E-state index in [-0.39, 0.29) is 0 Å². The van der Waals surface area contributed by atoms with Crippen molar-refractivity contribution in [3.05, 3.63) is 78.0 Å². The molecule has 0 aliphatic carbocycles. The van der Waals surface area contributed by atoms with Crippen LogP contribution < -0.4 is 0 Å². The van der Waals surface area contributed by atoms with Crippen molar-refractivity contribution >= 4 is 12.4 Å². The van der Waals surface area contributed by atoms with E-state index in [9.17, 15) is 0 Å². The maximum Gasteiger partial charge on any atom is 0.244 e. The van der Waals surface area contributed by atoms with Crippen molar-refractivity contribution in [2.75, 3.05) is 0 Å². The summed E-state index contributed by atoms with van der Waals surface area (Å²) in [5.41, 5.74) is 2.84. The standard InChI is InChI=1S/C35H51N2/c1-2-3-4-5-6-7-8-9-10-11-12-13-14-21-26-34(35-36-27-28-37-35)33(29-31-22-17-15-18-23-31)30-32-24-19-16-20-25-32/h15-20,22-25,27-28,33-34H,2-14,21,26,29-30H2,1H3/q+1. The predicted molar refractivity (Wildman–Crippen MR) is 162 cm³/mol. The lowest BCUT2D eigenvalue weighted by molar-refractivity contribution is 0.306. The maximum absolute atomic E-state index is 4.69. The molecular weight excluding hydrogens is 448 g/mol. The van der Waals surface area contributed by atoms with Gasteiger partial charge in [0.1, 0.15) is 0 Å². The normalized spacial score (nSPS) is 13.6. The summed E-state index contributed by atoms with van der Waals surface area (Å²) in [4.78, 5) is 9.39. The quantitative estimate of drug-likeness (QED) is 0.120. The van der Waals surface area contributed by atoms with Crippen LogP contribution in [0.25, 0.3) is 0 Å². The minimum atomic E-state index is 0.410. The molecule has 1 atom stereocenters. The van der Waals surface area contributed by atoms with Gasteiger partial charge < -0.3 is 0 Å². The molecule has 0 amide bonds. The summed E-state index contributed by atoms with van der Waals surface area (Å²) in [7, 11) is 0. The van der Waals surface area contributed by atoms with E-state index in [1.807, 2.05) is 12.4 Å². The molecule has 2 nitrogen and oxygen atoms in total. The second-order valence-corrected chi connectivity index (χ2v) is 11.0. The van der Waals surface area contributed by atoms with Crippen LogP contribution in [-0.2, 0) is 12.8 Å². The first-order valence-electron chi connectivity index (χ1n) is 15.4. The van der Waals surface area contributed by atoms with Crippen molar-refractivity contribution < 1.29 is 0 Å². The van der Waals surface area contributed by atoms with Crippen molar-refractivity contribution in [2.45, 2.75) is 116 Å². The van der Waals surface area contributed by atoms with Crippen molar-refractivity contribution in [3.63, 3.8) is 0 Å². The molecular formula is C35H51N2+. The molecule has 2 aromatic carbocycles. The molecule has 0 aromatic heterocycles. The first-order chi connectivity index (χ1) is 18.4. The van der Waals surface area contributed by atoms with E-state index in [1.165, 1.54) is 107 Å². The van der Waals surface area contributed by atoms with E-state index < -0.39 is 0 Å². The molecule has 3 rings (SSSR count). The summed E-state index contributed by atoms with van der Waals surface area (Å²) >= 11 is 0. The highest BCUT2D eigenvalue weighted by Crippen LogP contribution is 2.36. The summed E-state index contributed by atoms with van der Waals surface area (Å²) in [5.74, 6) is 0.918. The molecule has 1 aliphatic rings. The molecule has 0 saturated heterocycles. The first-order valence-corrected chi connectivity index (χ1v) is 15.4. The Morgan fingerprint density at radius 1 is 0.541 bits per heavy atom. The smallest absolute Gasteiger partial charge is 0.0965 e. The Bertz CT molecular complexity index is 804. The number of unbranched alkanes of at least 4 members (excludes halogenated alkanes) is 13. The Hall–Kier alpha value is -2.35. The fourth-order valence-corrected chi connectivity index (χ4v) is 5.77. The van der Waals surface area contributed by atoms with Crippen molar-refractivity contribution in [1.82, 2.24) is 0 Å². The van der Waals surface area contributed by atoms with Gasteiger partial charge in [0.05, 0.1) is 5.92 Å². The van der Waals surface area contributed by atoms with Gasteiger partial charge in [0, 0.05) is 0 Å². The summed E-state index contributed by atoms with van der Waals surface area (Å²) < 4.78 is 0. The molecule has 2 aromatic rings. The van der Waals surface area contributed by atoms with Gasteiger partial charge in [-0.05, 0) is 36.3 Å². The summed E-state index contributed by atoms with van der Waals surface area (Å²) in [6, 6.07) is 22.0. The monoisotopic (exact) mass is 499 g/mol.